The van der Waals surface area contributed by atoms with Gasteiger partial charge >= 0.3 is 0 Å². The number of aromatic nitrogens is 4. The Balaban J connectivity index is 2.01. The maximum absolute atomic E-state index is 5.27. The monoisotopic (exact) mass is 261 g/mol. The van der Waals surface area contributed by atoms with Crippen LogP contribution in [0.2, 0.25) is 0 Å². The predicted octanol–water partition coefficient (Wildman–Crippen LogP) is 1.85. The molecule has 0 aliphatic heterocycles. The highest BCUT2D eigenvalue weighted by Gasteiger charge is 2.13. The molecule has 0 aliphatic carbocycles. The molecule has 0 saturated heterocycles. The summed E-state index contributed by atoms with van der Waals surface area (Å²) >= 11 is 0. The van der Waals surface area contributed by atoms with Gasteiger partial charge in [0, 0.05) is 18.7 Å². The van der Waals surface area contributed by atoms with Crippen molar-refractivity contribution in [1.29, 1.82) is 0 Å². The van der Waals surface area contributed by atoms with E-state index in [2.05, 4.69) is 39.3 Å². The van der Waals surface area contributed by atoms with Gasteiger partial charge in [0.25, 0.3) is 0 Å². The first-order chi connectivity index (χ1) is 9.33. The lowest BCUT2D eigenvalue weighted by Gasteiger charge is -2.13. The van der Waals surface area contributed by atoms with Crippen molar-refractivity contribution in [2.75, 3.05) is 6.54 Å². The molecule has 0 radical (unpaired) electrons. The second kappa shape index (κ2) is 6.94. The zero-order chi connectivity index (χ0) is 13.5. The Bertz CT molecular complexity index is 485. The van der Waals surface area contributed by atoms with E-state index in [0.29, 0.717) is 23.5 Å². The minimum Gasteiger partial charge on any atom is -0.339 e. The molecule has 1 atom stereocenters. The van der Waals surface area contributed by atoms with Crippen LogP contribution in [0.15, 0.2) is 23.1 Å². The van der Waals surface area contributed by atoms with E-state index >= 15 is 0 Å². The summed E-state index contributed by atoms with van der Waals surface area (Å²) in [6, 6.07) is 2.14. The van der Waals surface area contributed by atoms with E-state index in [1.807, 2.05) is 0 Å². The number of nitrogens with one attached hydrogen (secondary N) is 1. The van der Waals surface area contributed by atoms with Crippen molar-refractivity contribution in [2.24, 2.45) is 0 Å². The lowest BCUT2D eigenvalue weighted by Crippen LogP contribution is -2.31. The fourth-order valence-corrected chi connectivity index (χ4v) is 1.78. The fourth-order valence-electron chi connectivity index (χ4n) is 1.78. The maximum atomic E-state index is 5.27. The lowest BCUT2D eigenvalue weighted by molar-refractivity contribution is 0.354. The third kappa shape index (κ3) is 3.82. The summed E-state index contributed by atoms with van der Waals surface area (Å²) < 4.78 is 5.27. The van der Waals surface area contributed by atoms with E-state index in [9.17, 15) is 0 Å². The van der Waals surface area contributed by atoms with Crippen LogP contribution in [-0.4, -0.2) is 32.7 Å². The largest absolute Gasteiger partial charge is 0.339 e. The maximum Gasteiger partial charge on any atom is 0.228 e. The number of hydrogen-bond donors (Lipinski definition) is 1. The summed E-state index contributed by atoms with van der Waals surface area (Å²) in [6.45, 7) is 5.31. The first kappa shape index (κ1) is 13.6. The molecule has 0 bridgehead atoms. The number of hydrogen-bond acceptors (Lipinski definition) is 6. The van der Waals surface area contributed by atoms with Crippen LogP contribution in [0, 0.1) is 0 Å². The minimum atomic E-state index is 0.374. The van der Waals surface area contributed by atoms with Crippen LogP contribution in [-0.2, 0) is 6.42 Å². The van der Waals surface area contributed by atoms with Crippen molar-refractivity contribution in [3.05, 3.63) is 24.5 Å². The summed E-state index contributed by atoms with van der Waals surface area (Å²) in [4.78, 5) is 12.3. The van der Waals surface area contributed by atoms with Gasteiger partial charge in [-0.3, -0.25) is 0 Å². The van der Waals surface area contributed by atoms with Crippen LogP contribution < -0.4 is 5.32 Å². The van der Waals surface area contributed by atoms with Gasteiger partial charge in [-0.05, 0) is 25.5 Å². The Morgan fingerprint density at radius 3 is 2.95 bits per heavy atom. The molecule has 2 aromatic heterocycles. The van der Waals surface area contributed by atoms with Gasteiger partial charge in [-0.25, -0.2) is 9.97 Å². The average Bonchev–Trinajstić information content (AvgIpc) is 2.93. The highest BCUT2D eigenvalue weighted by atomic mass is 16.5. The Kier molecular flexibility index (Phi) is 4.97. The third-order valence-electron chi connectivity index (χ3n) is 2.88. The van der Waals surface area contributed by atoms with Gasteiger partial charge in [0.05, 0.1) is 0 Å². The van der Waals surface area contributed by atoms with Crippen molar-refractivity contribution >= 4 is 0 Å². The van der Waals surface area contributed by atoms with Crippen molar-refractivity contribution in [3.8, 4) is 11.5 Å². The van der Waals surface area contributed by atoms with Gasteiger partial charge in [0.2, 0.25) is 11.7 Å². The van der Waals surface area contributed by atoms with E-state index in [1.165, 1.54) is 6.33 Å². The van der Waals surface area contributed by atoms with E-state index in [4.69, 9.17) is 4.52 Å². The zero-order valence-corrected chi connectivity index (χ0v) is 11.3. The summed E-state index contributed by atoms with van der Waals surface area (Å²) in [7, 11) is 0. The summed E-state index contributed by atoms with van der Waals surface area (Å²) in [5.74, 6) is 1.16. The Hall–Kier alpha value is -1.82. The quantitative estimate of drug-likeness (QED) is 0.819. The molecule has 6 nitrogen and oxygen atoms in total. The SMILES string of the molecule is CCCNC(CC)Cc1nc(-c2ccncn2)no1. The van der Waals surface area contributed by atoms with Crippen molar-refractivity contribution in [1.82, 2.24) is 25.4 Å². The summed E-state index contributed by atoms with van der Waals surface area (Å²) in [6.07, 6.45) is 6.03. The van der Waals surface area contributed by atoms with Crippen LogP contribution in [0.1, 0.15) is 32.6 Å². The Morgan fingerprint density at radius 1 is 1.37 bits per heavy atom. The molecule has 1 N–H and O–H groups in total. The highest BCUT2D eigenvalue weighted by Crippen LogP contribution is 2.12. The fraction of sp³-hybridized carbons (Fsp3) is 0.538. The van der Waals surface area contributed by atoms with Crippen molar-refractivity contribution in [2.45, 2.75) is 39.2 Å². The summed E-state index contributed by atoms with van der Waals surface area (Å²) in [5, 5.41) is 7.41. The molecule has 0 saturated carbocycles. The third-order valence-corrected chi connectivity index (χ3v) is 2.88. The van der Waals surface area contributed by atoms with Crippen LogP contribution >= 0.6 is 0 Å². The molecule has 0 fully saturated rings. The van der Waals surface area contributed by atoms with E-state index in [-0.39, 0.29) is 0 Å². The molecular weight excluding hydrogens is 242 g/mol. The molecule has 0 aromatic carbocycles. The van der Waals surface area contributed by atoms with Crippen LogP contribution in [0.4, 0.5) is 0 Å². The van der Waals surface area contributed by atoms with Crippen LogP contribution in [0.5, 0.6) is 0 Å². The molecule has 1 unspecified atom stereocenters. The van der Waals surface area contributed by atoms with E-state index < -0.39 is 0 Å². The predicted molar refractivity (Wildman–Crippen MR) is 71.4 cm³/mol. The van der Waals surface area contributed by atoms with E-state index in [1.54, 1.807) is 12.3 Å². The van der Waals surface area contributed by atoms with E-state index in [0.717, 1.165) is 25.8 Å². The van der Waals surface area contributed by atoms with Gasteiger partial charge < -0.3 is 9.84 Å². The smallest absolute Gasteiger partial charge is 0.228 e. The van der Waals surface area contributed by atoms with Gasteiger partial charge in [0.1, 0.15) is 12.0 Å². The second-order valence-corrected chi connectivity index (χ2v) is 4.37. The first-order valence-electron chi connectivity index (χ1n) is 6.65. The van der Waals surface area contributed by atoms with Crippen molar-refractivity contribution < 1.29 is 4.52 Å². The highest BCUT2D eigenvalue weighted by molar-refractivity contribution is 5.46. The lowest BCUT2D eigenvalue weighted by atomic mass is 10.1. The summed E-state index contributed by atoms with van der Waals surface area (Å²) in [5.41, 5.74) is 0.680. The molecule has 19 heavy (non-hydrogen) atoms. The Labute approximate surface area is 112 Å². The van der Waals surface area contributed by atoms with Crippen LogP contribution in [0.25, 0.3) is 11.5 Å². The average molecular weight is 261 g/mol. The molecular formula is C13H19N5O. The number of rotatable bonds is 7. The molecule has 0 aliphatic rings. The molecule has 102 valence electrons. The van der Waals surface area contributed by atoms with Crippen molar-refractivity contribution in [3.63, 3.8) is 0 Å². The van der Waals surface area contributed by atoms with Gasteiger partial charge in [-0.15, -0.1) is 0 Å². The molecule has 6 heteroatoms. The minimum absolute atomic E-state index is 0.374. The molecule has 0 amide bonds. The van der Waals surface area contributed by atoms with Crippen LogP contribution in [0.3, 0.4) is 0 Å². The molecule has 0 spiro atoms. The Morgan fingerprint density at radius 2 is 2.26 bits per heavy atom. The molecule has 2 rings (SSSR count). The normalized spacial score (nSPS) is 12.5. The number of nitrogens with zero attached hydrogens (tertiary/aromatic N) is 4. The molecule has 2 aromatic rings. The topological polar surface area (TPSA) is 76.7 Å². The van der Waals surface area contributed by atoms with Gasteiger partial charge in [-0.2, -0.15) is 4.98 Å². The van der Waals surface area contributed by atoms with Gasteiger partial charge in [-0.1, -0.05) is 19.0 Å². The second-order valence-electron chi connectivity index (χ2n) is 4.37. The van der Waals surface area contributed by atoms with Gasteiger partial charge in [0.15, 0.2) is 0 Å². The first-order valence-corrected chi connectivity index (χ1v) is 6.65. The zero-order valence-electron chi connectivity index (χ0n) is 11.3. The molecule has 2 heterocycles. The standard InChI is InChI=1S/C13H19N5O/c1-3-6-15-10(4-2)8-12-17-13(18-19-12)11-5-7-14-9-16-11/h5,7,9-10,15H,3-4,6,8H2,1-2H3.